The molecule has 0 atom stereocenters. The topological polar surface area (TPSA) is 64.3 Å². The number of aromatic nitrogens is 1. The van der Waals surface area contributed by atoms with Crippen LogP contribution in [-0.2, 0) is 6.54 Å². The van der Waals surface area contributed by atoms with Gasteiger partial charge in [-0.05, 0) is 18.1 Å². The zero-order chi connectivity index (χ0) is 13.2. The average Bonchev–Trinajstić information content (AvgIpc) is 2.42. The molecule has 1 aromatic heterocycles. The summed E-state index contributed by atoms with van der Waals surface area (Å²) in [6, 6.07) is 3.84. The molecule has 0 spiro atoms. The number of hydrogen-bond acceptors (Lipinski definition) is 3. The fourth-order valence-corrected chi connectivity index (χ4v) is 1.46. The number of nitriles is 1. The Morgan fingerprint density at radius 1 is 1.61 bits per heavy atom. The lowest BCUT2D eigenvalue weighted by Crippen LogP contribution is -2.37. The molecule has 5 heteroatoms. The van der Waals surface area contributed by atoms with Gasteiger partial charge in [0.25, 0.3) is 0 Å². The summed E-state index contributed by atoms with van der Waals surface area (Å²) >= 11 is 0. The maximum absolute atomic E-state index is 8.73. The van der Waals surface area contributed by atoms with Gasteiger partial charge in [0.2, 0.25) is 5.96 Å². The van der Waals surface area contributed by atoms with E-state index in [0.717, 1.165) is 24.9 Å². The summed E-state index contributed by atoms with van der Waals surface area (Å²) in [7, 11) is 1.93. The van der Waals surface area contributed by atoms with Crippen molar-refractivity contribution in [2.24, 2.45) is 4.99 Å². The zero-order valence-electron chi connectivity index (χ0n) is 10.9. The number of aliphatic imine (C=N–C) groups is 1. The molecular formula is C13H19N5. The van der Waals surface area contributed by atoms with Crippen molar-refractivity contribution in [3.63, 3.8) is 0 Å². The molecule has 18 heavy (non-hydrogen) atoms. The molecule has 1 N–H and O–H groups in total. The Bertz CT molecular complexity index is 407. The Labute approximate surface area is 108 Å². The summed E-state index contributed by atoms with van der Waals surface area (Å²) in [6.07, 6.45) is 7.63. The van der Waals surface area contributed by atoms with E-state index in [9.17, 15) is 0 Å². The molecule has 0 radical (unpaired) electrons. The van der Waals surface area contributed by atoms with E-state index in [4.69, 9.17) is 5.26 Å². The van der Waals surface area contributed by atoms with Crippen molar-refractivity contribution in [2.45, 2.75) is 26.3 Å². The van der Waals surface area contributed by atoms with Gasteiger partial charge in [0, 0.05) is 26.0 Å². The van der Waals surface area contributed by atoms with Crippen LogP contribution in [0, 0.1) is 11.5 Å². The van der Waals surface area contributed by atoms with Gasteiger partial charge in [0.05, 0.1) is 6.54 Å². The molecule has 1 aromatic rings. The maximum Gasteiger partial charge on any atom is 0.207 e. The maximum atomic E-state index is 8.73. The van der Waals surface area contributed by atoms with Crippen molar-refractivity contribution in [1.82, 2.24) is 15.2 Å². The van der Waals surface area contributed by atoms with Crippen molar-refractivity contribution >= 4 is 5.96 Å². The Morgan fingerprint density at radius 3 is 3.06 bits per heavy atom. The highest BCUT2D eigenvalue weighted by molar-refractivity contribution is 5.81. The van der Waals surface area contributed by atoms with E-state index >= 15 is 0 Å². The van der Waals surface area contributed by atoms with Gasteiger partial charge >= 0.3 is 0 Å². The summed E-state index contributed by atoms with van der Waals surface area (Å²) in [5.74, 6) is 0.606. The number of guanidine groups is 1. The average molecular weight is 245 g/mol. The fraction of sp³-hybridized carbons (Fsp3) is 0.462. The second kappa shape index (κ2) is 8.07. The molecule has 0 saturated heterocycles. The van der Waals surface area contributed by atoms with E-state index < -0.39 is 0 Å². The first-order valence-corrected chi connectivity index (χ1v) is 6.07. The Kier molecular flexibility index (Phi) is 6.26. The fourth-order valence-electron chi connectivity index (χ4n) is 1.46. The number of hydrogen-bond donors (Lipinski definition) is 1. The first kappa shape index (κ1) is 14.0. The SMILES string of the molecule is CCCCN(C)C(=NCc1cccnc1)NC#N. The van der Waals surface area contributed by atoms with Crippen molar-refractivity contribution < 1.29 is 0 Å². The van der Waals surface area contributed by atoms with Gasteiger partial charge in [-0.25, -0.2) is 4.99 Å². The van der Waals surface area contributed by atoms with E-state index in [0.29, 0.717) is 12.5 Å². The molecule has 0 aliphatic rings. The van der Waals surface area contributed by atoms with Crippen molar-refractivity contribution in [3.8, 4) is 6.19 Å². The van der Waals surface area contributed by atoms with Gasteiger partial charge in [0.15, 0.2) is 6.19 Å². The third-order valence-corrected chi connectivity index (χ3v) is 2.51. The predicted octanol–water partition coefficient (Wildman–Crippen LogP) is 1.74. The van der Waals surface area contributed by atoms with E-state index in [1.54, 1.807) is 12.4 Å². The van der Waals surface area contributed by atoms with Crippen LogP contribution in [0.25, 0.3) is 0 Å². The minimum atomic E-state index is 0.522. The molecule has 0 bridgehead atoms. The largest absolute Gasteiger partial charge is 0.345 e. The van der Waals surface area contributed by atoms with Crippen molar-refractivity contribution in [2.75, 3.05) is 13.6 Å². The van der Waals surface area contributed by atoms with Crippen LogP contribution in [0.4, 0.5) is 0 Å². The van der Waals surface area contributed by atoms with Crippen LogP contribution >= 0.6 is 0 Å². The highest BCUT2D eigenvalue weighted by Gasteiger charge is 2.04. The summed E-state index contributed by atoms with van der Waals surface area (Å²) < 4.78 is 0. The molecule has 1 rings (SSSR count). The van der Waals surface area contributed by atoms with Crippen molar-refractivity contribution in [3.05, 3.63) is 30.1 Å². The van der Waals surface area contributed by atoms with Crippen LogP contribution in [-0.4, -0.2) is 29.4 Å². The standard InChI is InChI=1S/C13H19N5/c1-3-4-8-18(2)13(17-11-14)16-10-12-6-5-7-15-9-12/h5-7,9H,3-4,8,10H2,1-2H3,(H,16,17). The van der Waals surface area contributed by atoms with Gasteiger partial charge in [-0.1, -0.05) is 19.4 Å². The van der Waals surface area contributed by atoms with Gasteiger partial charge in [-0.3, -0.25) is 10.3 Å². The quantitative estimate of drug-likeness (QED) is 0.371. The van der Waals surface area contributed by atoms with Gasteiger partial charge in [0.1, 0.15) is 0 Å². The molecule has 0 aliphatic heterocycles. The minimum absolute atomic E-state index is 0.522. The van der Waals surface area contributed by atoms with Crippen LogP contribution in [0.5, 0.6) is 0 Å². The van der Waals surface area contributed by atoms with E-state index in [2.05, 4.69) is 22.2 Å². The summed E-state index contributed by atoms with van der Waals surface area (Å²) in [5.41, 5.74) is 1.03. The van der Waals surface area contributed by atoms with Gasteiger partial charge < -0.3 is 4.90 Å². The molecule has 96 valence electrons. The molecule has 0 saturated carbocycles. The molecule has 1 heterocycles. The minimum Gasteiger partial charge on any atom is -0.345 e. The Morgan fingerprint density at radius 2 is 2.44 bits per heavy atom. The van der Waals surface area contributed by atoms with Crippen molar-refractivity contribution in [1.29, 1.82) is 5.26 Å². The molecule has 0 amide bonds. The van der Waals surface area contributed by atoms with E-state index in [-0.39, 0.29) is 0 Å². The third-order valence-electron chi connectivity index (χ3n) is 2.51. The van der Waals surface area contributed by atoms with Gasteiger partial charge in [-0.2, -0.15) is 5.26 Å². The molecule has 0 unspecified atom stereocenters. The first-order chi connectivity index (χ1) is 8.77. The lowest BCUT2D eigenvalue weighted by atomic mass is 10.3. The summed E-state index contributed by atoms with van der Waals surface area (Å²) in [4.78, 5) is 10.4. The number of nitrogens with one attached hydrogen (secondary N) is 1. The molecule has 0 fully saturated rings. The predicted molar refractivity (Wildman–Crippen MR) is 71.7 cm³/mol. The molecular weight excluding hydrogens is 226 g/mol. The second-order valence-electron chi connectivity index (χ2n) is 4.01. The normalized spacial score (nSPS) is 10.8. The number of pyridine rings is 1. The Hall–Kier alpha value is -2.09. The number of unbranched alkanes of at least 4 members (excludes halogenated alkanes) is 1. The third kappa shape index (κ3) is 4.83. The lowest BCUT2D eigenvalue weighted by Gasteiger charge is -2.19. The lowest BCUT2D eigenvalue weighted by molar-refractivity contribution is 0.471. The zero-order valence-corrected chi connectivity index (χ0v) is 10.9. The first-order valence-electron chi connectivity index (χ1n) is 6.07. The van der Waals surface area contributed by atoms with E-state index in [1.165, 1.54) is 0 Å². The number of nitrogens with zero attached hydrogens (tertiary/aromatic N) is 4. The van der Waals surface area contributed by atoms with Crippen LogP contribution in [0.3, 0.4) is 0 Å². The second-order valence-corrected chi connectivity index (χ2v) is 4.01. The van der Waals surface area contributed by atoms with E-state index in [1.807, 2.05) is 30.3 Å². The molecule has 5 nitrogen and oxygen atoms in total. The highest BCUT2D eigenvalue weighted by atomic mass is 15.3. The summed E-state index contributed by atoms with van der Waals surface area (Å²) in [6.45, 7) is 3.55. The van der Waals surface area contributed by atoms with Crippen LogP contribution in [0.15, 0.2) is 29.5 Å². The monoisotopic (exact) mass is 245 g/mol. The Balaban J connectivity index is 2.63. The smallest absolute Gasteiger partial charge is 0.207 e. The van der Waals surface area contributed by atoms with Crippen LogP contribution in [0.1, 0.15) is 25.3 Å². The van der Waals surface area contributed by atoms with Crippen LogP contribution < -0.4 is 5.32 Å². The highest BCUT2D eigenvalue weighted by Crippen LogP contribution is 1.99. The van der Waals surface area contributed by atoms with Crippen LogP contribution in [0.2, 0.25) is 0 Å². The number of rotatable bonds is 5. The molecule has 0 aromatic carbocycles. The van der Waals surface area contributed by atoms with Gasteiger partial charge in [-0.15, -0.1) is 0 Å². The molecule has 0 aliphatic carbocycles. The summed E-state index contributed by atoms with van der Waals surface area (Å²) in [5, 5.41) is 11.3.